The number of carbonyl (C=O) groups is 1. The minimum atomic E-state index is -3.59. The van der Waals surface area contributed by atoms with E-state index in [1.165, 1.54) is 22.5 Å². The number of ketones is 1. The quantitative estimate of drug-likeness (QED) is 0.842. The van der Waals surface area contributed by atoms with Crippen LogP contribution in [-0.2, 0) is 14.8 Å². The summed E-state index contributed by atoms with van der Waals surface area (Å²) in [6.45, 7) is 0.447. The lowest BCUT2D eigenvalue weighted by molar-refractivity contribution is -0.120. The number of benzene rings is 1. The van der Waals surface area contributed by atoms with Crippen LogP contribution in [0.3, 0.4) is 0 Å². The number of hydrogen-bond acceptors (Lipinski definition) is 3. The van der Waals surface area contributed by atoms with Crippen molar-refractivity contribution in [2.75, 3.05) is 13.1 Å². The van der Waals surface area contributed by atoms with Gasteiger partial charge in [0.25, 0.3) is 0 Å². The number of halogens is 2. The minimum Gasteiger partial charge on any atom is -0.300 e. The molecular formula is C11H11Cl2NO3S. The number of rotatable bonds is 2. The Balaban J connectivity index is 2.30. The van der Waals surface area contributed by atoms with E-state index in [9.17, 15) is 13.2 Å². The van der Waals surface area contributed by atoms with Crippen LogP contribution < -0.4 is 0 Å². The first-order valence-corrected chi connectivity index (χ1v) is 7.58. The monoisotopic (exact) mass is 307 g/mol. The van der Waals surface area contributed by atoms with Gasteiger partial charge in [0.2, 0.25) is 10.0 Å². The Morgan fingerprint density at radius 2 is 1.67 bits per heavy atom. The van der Waals surface area contributed by atoms with E-state index in [1.54, 1.807) is 0 Å². The maximum atomic E-state index is 12.3. The maximum absolute atomic E-state index is 12.3. The van der Waals surface area contributed by atoms with E-state index in [0.717, 1.165) is 0 Å². The third kappa shape index (κ3) is 2.69. The summed E-state index contributed by atoms with van der Waals surface area (Å²) in [5.74, 6) is 0.0931. The van der Waals surface area contributed by atoms with Crippen LogP contribution in [0.5, 0.6) is 0 Å². The van der Waals surface area contributed by atoms with Gasteiger partial charge in [-0.15, -0.1) is 0 Å². The molecule has 0 unspecified atom stereocenters. The highest BCUT2D eigenvalue weighted by Gasteiger charge is 2.28. The highest BCUT2D eigenvalue weighted by molar-refractivity contribution is 7.89. The van der Waals surface area contributed by atoms with Crippen molar-refractivity contribution in [3.05, 3.63) is 28.2 Å². The Kier molecular flexibility index (Phi) is 3.96. The van der Waals surface area contributed by atoms with Crippen molar-refractivity contribution in [3.8, 4) is 0 Å². The molecule has 0 saturated carbocycles. The summed E-state index contributed by atoms with van der Waals surface area (Å²) >= 11 is 11.6. The van der Waals surface area contributed by atoms with Crippen molar-refractivity contribution >= 4 is 39.0 Å². The number of nitrogens with zero attached hydrogens (tertiary/aromatic N) is 1. The van der Waals surface area contributed by atoms with Gasteiger partial charge in [-0.2, -0.15) is 4.31 Å². The largest absolute Gasteiger partial charge is 0.300 e. The van der Waals surface area contributed by atoms with Gasteiger partial charge in [0.1, 0.15) is 5.78 Å². The van der Waals surface area contributed by atoms with E-state index < -0.39 is 10.0 Å². The van der Waals surface area contributed by atoms with Crippen molar-refractivity contribution in [1.29, 1.82) is 0 Å². The molecule has 1 heterocycles. The predicted octanol–water partition coefficient (Wildman–Crippen LogP) is 2.35. The van der Waals surface area contributed by atoms with Crippen molar-refractivity contribution in [2.45, 2.75) is 17.7 Å². The molecular weight excluding hydrogens is 297 g/mol. The first-order valence-electron chi connectivity index (χ1n) is 5.38. The molecule has 1 fully saturated rings. The molecule has 4 nitrogen and oxygen atoms in total. The summed E-state index contributed by atoms with van der Waals surface area (Å²) in [5.41, 5.74) is 0. The van der Waals surface area contributed by atoms with Crippen molar-refractivity contribution < 1.29 is 13.2 Å². The maximum Gasteiger partial charge on any atom is 0.243 e. The van der Waals surface area contributed by atoms with Gasteiger partial charge in [-0.1, -0.05) is 23.2 Å². The molecule has 98 valence electrons. The molecule has 0 bridgehead atoms. The molecule has 0 N–H and O–H groups in total. The third-order valence-electron chi connectivity index (χ3n) is 2.81. The summed E-state index contributed by atoms with van der Waals surface area (Å²) in [6, 6.07) is 4.20. The molecule has 0 aromatic heterocycles. The van der Waals surface area contributed by atoms with Crippen molar-refractivity contribution in [2.24, 2.45) is 0 Å². The van der Waals surface area contributed by atoms with Crippen LogP contribution >= 0.6 is 23.2 Å². The summed E-state index contributed by atoms with van der Waals surface area (Å²) < 4.78 is 25.8. The zero-order chi connectivity index (χ0) is 13.3. The molecule has 0 radical (unpaired) electrons. The number of carbonyl (C=O) groups excluding carboxylic acids is 1. The lowest BCUT2D eigenvalue weighted by atomic mass is 10.1. The lowest BCUT2D eigenvalue weighted by Crippen LogP contribution is -2.38. The van der Waals surface area contributed by atoms with Crippen molar-refractivity contribution in [1.82, 2.24) is 4.31 Å². The Morgan fingerprint density at radius 3 is 2.22 bits per heavy atom. The predicted molar refractivity (Wildman–Crippen MR) is 69.5 cm³/mol. The number of Topliss-reactive ketones (excluding diaryl/α,β-unsaturated/α-hetero) is 1. The van der Waals surface area contributed by atoms with Gasteiger partial charge in [-0.3, -0.25) is 4.79 Å². The number of sulfonamides is 1. The van der Waals surface area contributed by atoms with Crippen LogP contribution in [0.4, 0.5) is 0 Å². The Labute approximate surface area is 116 Å². The van der Waals surface area contributed by atoms with Crippen LogP contribution in [-0.4, -0.2) is 31.6 Å². The molecule has 0 atom stereocenters. The van der Waals surface area contributed by atoms with Gasteiger partial charge in [0, 0.05) is 25.9 Å². The molecule has 0 aliphatic carbocycles. The highest BCUT2D eigenvalue weighted by Crippen LogP contribution is 2.27. The van der Waals surface area contributed by atoms with Crippen LogP contribution in [0.1, 0.15) is 12.8 Å². The second-order valence-corrected chi connectivity index (χ2v) is 6.77. The lowest BCUT2D eigenvalue weighted by Gasteiger charge is -2.25. The van der Waals surface area contributed by atoms with E-state index in [-0.39, 0.29) is 41.6 Å². The average molecular weight is 308 g/mol. The third-order valence-corrected chi connectivity index (χ3v) is 5.44. The van der Waals surface area contributed by atoms with Gasteiger partial charge in [-0.05, 0) is 18.2 Å². The van der Waals surface area contributed by atoms with Crippen LogP contribution in [0.15, 0.2) is 23.1 Å². The topological polar surface area (TPSA) is 54.5 Å². The smallest absolute Gasteiger partial charge is 0.243 e. The minimum absolute atomic E-state index is 0.0931. The van der Waals surface area contributed by atoms with E-state index >= 15 is 0 Å². The molecule has 1 aliphatic heterocycles. The molecule has 0 spiro atoms. The molecule has 2 rings (SSSR count). The van der Waals surface area contributed by atoms with Gasteiger partial charge >= 0.3 is 0 Å². The summed E-state index contributed by atoms with van der Waals surface area (Å²) in [4.78, 5) is 11.2. The molecule has 1 saturated heterocycles. The Hall–Kier alpha value is -0.620. The molecule has 18 heavy (non-hydrogen) atoms. The molecule has 1 aliphatic rings. The van der Waals surface area contributed by atoms with Gasteiger partial charge in [0.05, 0.1) is 14.9 Å². The SMILES string of the molecule is O=C1CCN(S(=O)(=O)c2ccc(Cl)c(Cl)c2)CC1. The normalized spacial score (nSPS) is 18.0. The van der Waals surface area contributed by atoms with Crippen LogP contribution in [0, 0.1) is 0 Å². The molecule has 7 heteroatoms. The molecule has 0 amide bonds. The molecule has 1 aromatic carbocycles. The Bertz CT molecular complexity index is 576. The fraction of sp³-hybridized carbons (Fsp3) is 0.364. The van der Waals surface area contributed by atoms with Crippen molar-refractivity contribution in [3.63, 3.8) is 0 Å². The zero-order valence-corrected chi connectivity index (χ0v) is 11.7. The van der Waals surface area contributed by atoms with Crippen LogP contribution in [0.2, 0.25) is 10.0 Å². The summed E-state index contributed by atoms with van der Waals surface area (Å²) in [7, 11) is -3.59. The highest BCUT2D eigenvalue weighted by atomic mass is 35.5. The second kappa shape index (κ2) is 5.17. The van der Waals surface area contributed by atoms with Gasteiger partial charge in [0.15, 0.2) is 0 Å². The van der Waals surface area contributed by atoms with E-state index in [1.807, 2.05) is 0 Å². The fourth-order valence-electron chi connectivity index (χ4n) is 1.76. The average Bonchev–Trinajstić information content (AvgIpc) is 2.33. The van der Waals surface area contributed by atoms with E-state index in [0.29, 0.717) is 5.02 Å². The first-order chi connectivity index (χ1) is 8.41. The van der Waals surface area contributed by atoms with Crippen LogP contribution in [0.25, 0.3) is 0 Å². The summed E-state index contributed by atoms with van der Waals surface area (Å²) in [6.07, 6.45) is 0.529. The zero-order valence-electron chi connectivity index (χ0n) is 9.40. The molecule has 1 aromatic rings. The van der Waals surface area contributed by atoms with E-state index in [4.69, 9.17) is 23.2 Å². The van der Waals surface area contributed by atoms with E-state index in [2.05, 4.69) is 0 Å². The van der Waals surface area contributed by atoms with Gasteiger partial charge in [-0.25, -0.2) is 8.42 Å². The van der Waals surface area contributed by atoms with Gasteiger partial charge < -0.3 is 0 Å². The summed E-state index contributed by atoms with van der Waals surface area (Å²) in [5, 5.41) is 0.510. The fourth-order valence-corrected chi connectivity index (χ4v) is 3.59. The number of piperidine rings is 1. The standard InChI is InChI=1S/C11H11Cl2NO3S/c12-10-2-1-9(7-11(10)13)18(16,17)14-5-3-8(15)4-6-14/h1-2,7H,3-6H2. The second-order valence-electron chi connectivity index (χ2n) is 4.02. The number of hydrogen-bond donors (Lipinski definition) is 0. The first kappa shape index (κ1) is 13.8. The Morgan fingerprint density at radius 1 is 1.06 bits per heavy atom.